The van der Waals surface area contributed by atoms with Crippen LogP contribution in [0.3, 0.4) is 0 Å². The summed E-state index contributed by atoms with van der Waals surface area (Å²) in [4.78, 5) is 6.78. The third-order valence-electron chi connectivity index (χ3n) is 4.12. The number of ether oxygens (including phenoxy) is 1. The minimum absolute atomic E-state index is 0. The predicted octanol–water partition coefficient (Wildman–Crippen LogP) is 1.29. The van der Waals surface area contributed by atoms with Gasteiger partial charge in [0.15, 0.2) is 5.96 Å². The summed E-state index contributed by atoms with van der Waals surface area (Å²) in [6.07, 6.45) is 4.01. The fraction of sp³-hybridized carbons (Fsp3) is 0.929. The molecule has 0 aromatic carbocycles. The van der Waals surface area contributed by atoms with Crippen molar-refractivity contribution < 1.29 is 4.74 Å². The Balaban J connectivity index is 0.00000200. The van der Waals surface area contributed by atoms with Crippen molar-refractivity contribution in [3.05, 3.63) is 0 Å². The van der Waals surface area contributed by atoms with Crippen molar-refractivity contribution in [1.29, 1.82) is 0 Å². The second kappa shape index (κ2) is 9.78. The van der Waals surface area contributed by atoms with Gasteiger partial charge in [-0.3, -0.25) is 4.99 Å². The topological polar surface area (TPSA) is 48.9 Å². The fourth-order valence-electron chi connectivity index (χ4n) is 2.84. The van der Waals surface area contributed by atoms with Crippen molar-refractivity contribution in [3.63, 3.8) is 0 Å². The number of guanidine groups is 1. The van der Waals surface area contributed by atoms with Crippen LogP contribution in [0.4, 0.5) is 0 Å². The molecule has 2 rings (SSSR count). The number of nitrogens with zero attached hydrogens (tertiary/aromatic N) is 2. The zero-order valence-electron chi connectivity index (χ0n) is 12.7. The van der Waals surface area contributed by atoms with Crippen LogP contribution in [-0.2, 0) is 4.74 Å². The van der Waals surface area contributed by atoms with Gasteiger partial charge in [-0.1, -0.05) is 6.92 Å². The zero-order valence-corrected chi connectivity index (χ0v) is 15.1. The lowest BCUT2D eigenvalue weighted by molar-refractivity contribution is 0.114. The van der Waals surface area contributed by atoms with Crippen molar-refractivity contribution in [2.45, 2.75) is 32.3 Å². The molecule has 2 atom stereocenters. The van der Waals surface area contributed by atoms with E-state index in [9.17, 15) is 0 Å². The van der Waals surface area contributed by atoms with Crippen molar-refractivity contribution >= 4 is 29.9 Å². The molecule has 118 valence electrons. The van der Waals surface area contributed by atoms with Gasteiger partial charge in [-0.15, -0.1) is 24.0 Å². The van der Waals surface area contributed by atoms with E-state index >= 15 is 0 Å². The lowest BCUT2D eigenvalue weighted by Gasteiger charge is -2.17. The van der Waals surface area contributed by atoms with Gasteiger partial charge in [0.05, 0.1) is 6.10 Å². The van der Waals surface area contributed by atoms with Gasteiger partial charge >= 0.3 is 0 Å². The molecule has 5 nitrogen and oxygen atoms in total. The third-order valence-corrected chi connectivity index (χ3v) is 4.12. The maximum absolute atomic E-state index is 5.60. The molecule has 2 N–H and O–H groups in total. The van der Waals surface area contributed by atoms with Crippen LogP contribution < -0.4 is 10.6 Å². The quantitative estimate of drug-likeness (QED) is 0.418. The summed E-state index contributed by atoms with van der Waals surface area (Å²) in [6, 6.07) is 0. The van der Waals surface area contributed by atoms with Crippen molar-refractivity contribution in [2.75, 3.05) is 46.4 Å². The highest BCUT2D eigenvalue weighted by atomic mass is 127. The molecule has 2 heterocycles. The second-order valence-electron chi connectivity index (χ2n) is 5.52. The molecule has 0 radical (unpaired) electrons. The Morgan fingerprint density at radius 1 is 1.30 bits per heavy atom. The number of rotatable bonds is 5. The molecule has 20 heavy (non-hydrogen) atoms. The second-order valence-corrected chi connectivity index (χ2v) is 5.52. The van der Waals surface area contributed by atoms with E-state index in [1.54, 1.807) is 0 Å². The van der Waals surface area contributed by atoms with Gasteiger partial charge in [0.2, 0.25) is 0 Å². The first-order valence-electron chi connectivity index (χ1n) is 7.60. The van der Waals surface area contributed by atoms with Gasteiger partial charge in [0.25, 0.3) is 0 Å². The summed E-state index contributed by atoms with van der Waals surface area (Å²) in [7, 11) is 1.83. The van der Waals surface area contributed by atoms with Crippen LogP contribution in [-0.4, -0.2) is 63.3 Å². The minimum Gasteiger partial charge on any atom is -0.376 e. The van der Waals surface area contributed by atoms with E-state index in [1.165, 1.54) is 32.5 Å². The Morgan fingerprint density at radius 2 is 2.10 bits per heavy atom. The van der Waals surface area contributed by atoms with Gasteiger partial charge in [0.1, 0.15) is 0 Å². The lowest BCUT2D eigenvalue weighted by atomic mass is 10.1. The standard InChI is InChI=1S/C14H28N4O.HI/c1-3-18-7-6-12(11-18)9-16-14(15-2)17-10-13-5-4-8-19-13;/h12-13H,3-11H2,1-2H3,(H2,15,16,17);1H. The van der Waals surface area contributed by atoms with Gasteiger partial charge < -0.3 is 20.3 Å². The first kappa shape index (κ1) is 18.0. The molecule has 0 spiro atoms. The molecule has 0 aliphatic carbocycles. The molecule has 0 bridgehead atoms. The first-order valence-corrected chi connectivity index (χ1v) is 7.60. The van der Waals surface area contributed by atoms with Crippen LogP contribution in [0, 0.1) is 5.92 Å². The monoisotopic (exact) mass is 396 g/mol. The largest absolute Gasteiger partial charge is 0.376 e. The SMILES string of the molecule is CCN1CCC(CNC(=NC)NCC2CCCO2)C1.I. The van der Waals surface area contributed by atoms with Crippen LogP contribution in [0.5, 0.6) is 0 Å². The molecule has 2 saturated heterocycles. The molecule has 0 saturated carbocycles. The Labute approximate surface area is 139 Å². The normalized spacial score (nSPS) is 27.4. The zero-order chi connectivity index (χ0) is 13.5. The summed E-state index contributed by atoms with van der Waals surface area (Å²) in [5, 5.41) is 6.80. The fourth-order valence-corrected chi connectivity index (χ4v) is 2.84. The molecule has 2 aliphatic rings. The third kappa shape index (κ3) is 5.73. The number of halogens is 1. The average Bonchev–Trinajstić information content (AvgIpc) is 3.10. The number of hydrogen-bond acceptors (Lipinski definition) is 3. The van der Waals surface area contributed by atoms with Crippen molar-refractivity contribution in [1.82, 2.24) is 15.5 Å². The van der Waals surface area contributed by atoms with Crippen molar-refractivity contribution in [3.8, 4) is 0 Å². The number of nitrogens with one attached hydrogen (secondary N) is 2. The molecule has 6 heteroatoms. The van der Waals surface area contributed by atoms with E-state index in [4.69, 9.17) is 4.74 Å². The highest BCUT2D eigenvalue weighted by Crippen LogP contribution is 2.14. The summed E-state index contributed by atoms with van der Waals surface area (Å²) in [5.74, 6) is 1.66. The Bertz CT molecular complexity index is 295. The lowest BCUT2D eigenvalue weighted by Crippen LogP contribution is -2.43. The first-order chi connectivity index (χ1) is 9.31. The van der Waals surface area contributed by atoms with Crippen LogP contribution in [0.25, 0.3) is 0 Å². The number of hydrogen-bond donors (Lipinski definition) is 2. The molecule has 0 amide bonds. The van der Waals surface area contributed by atoms with Gasteiger partial charge in [-0.05, 0) is 38.3 Å². The molecule has 0 aromatic heterocycles. The molecule has 2 unspecified atom stereocenters. The summed E-state index contributed by atoms with van der Waals surface area (Å²) in [6.45, 7) is 8.65. The molecule has 2 aliphatic heterocycles. The van der Waals surface area contributed by atoms with Crippen LogP contribution in [0.1, 0.15) is 26.2 Å². The highest BCUT2D eigenvalue weighted by Gasteiger charge is 2.21. The van der Waals surface area contributed by atoms with Crippen molar-refractivity contribution in [2.24, 2.45) is 10.9 Å². The van der Waals surface area contributed by atoms with Crippen LogP contribution in [0.15, 0.2) is 4.99 Å². The minimum atomic E-state index is 0. The highest BCUT2D eigenvalue weighted by molar-refractivity contribution is 14.0. The van der Waals surface area contributed by atoms with E-state index in [2.05, 4.69) is 27.4 Å². The smallest absolute Gasteiger partial charge is 0.191 e. The maximum Gasteiger partial charge on any atom is 0.191 e. The summed E-state index contributed by atoms with van der Waals surface area (Å²) in [5.41, 5.74) is 0. The predicted molar refractivity (Wildman–Crippen MR) is 94.0 cm³/mol. The van der Waals surface area contributed by atoms with E-state index in [-0.39, 0.29) is 24.0 Å². The summed E-state index contributed by atoms with van der Waals surface area (Å²) >= 11 is 0. The van der Waals surface area contributed by atoms with E-state index in [1.807, 2.05) is 7.05 Å². The van der Waals surface area contributed by atoms with Crippen LogP contribution >= 0.6 is 24.0 Å². The molecule has 2 fully saturated rings. The van der Waals surface area contributed by atoms with Gasteiger partial charge in [-0.25, -0.2) is 0 Å². The average molecular weight is 396 g/mol. The maximum atomic E-state index is 5.60. The Hall–Kier alpha value is -0.0800. The van der Waals surface area contributed by atoms with E-state index in [0.29, 0.717) is 6.10 Å². The van der Waals surface area contributed by atoms with E-state index < -0.39 is 0 Å². The summed E-state index contributed by atoms with van der Waals surface area (Å²) < 4.78 is 5.60. The van der Waals surface area contributed by atoms with Gasteiger partial charge in [-0.2, -0.15) is 0 Å². The van der Waals surface area contributed by atoms with Gasteiger partial charge in [0, 0.05) is 33.3 Å². The number of likely N-dealkylation sites (tertiary alicyclic amines) is 1. The van der Waals surface area contributed by atoms with Crippen LogP contribution in [0.2, 0.25) is 0 Å². The molecular formula is C14H29IN4O. The number of aliphatic imine (C=N–C) groups is 1. The van der Waals surface area contributed by atoms with E-state index in [0.717, 1.165) is 38.0 Å². The molecular weight excluding hydrogens is 367 g/mol. The Morgan fingerprint density at radius 3 is 2.70 bits per heavy atom. The molecule has 0 aromatic rings. The Kier molecular flexibility index (Phi) is 8.79.